The summed E-state index contributed by atoms with van der Waals surface area (Å²) in [5.41, 5.74) is 4.53. The molecule has 0 amide bonds. The zero-order valence-corrected chi connectivity index (χ0v) is 20.2. The van der Waals surface area contributed by atoms with Crippen molar-refractivity contribution in [2.45, 2.75) is 70.0 Å². The number of carbonyl (C=O) groups is 1. The average Bonchev–Trinajstić information content (AvgIpc) is 3.04. The van der Waals surface area contributed by atoms with Crippen molar-refractivity contribution >= 4 is 33.3 Å². The molecule has 1 saturated carbocycles. The van der Waals surface area contributed by atoms with E-state index in [1.54, 1.807) is 12.1 Å². The van der Waals surface area contributed by atoms with Crippen molar-refractivity contribution in [3.63, 3.8) is 0 Å². The molecule has 8 heteroatoms. The van der Waals surface area contributed by atoms with Crippen LogP contribution in [0.2, 0.25) is 0 Å². The number of benzene rings is 1. The number of aryl methyl sites for hydroxylation is 2. The predicted molar refractivity (Wildman–Crippen MR) is 126 cm³/mol. The maximum Gasteiger partial charge on any atom is 0.232 e. The van der Waals surface area contributed by atoms with Gasteiger partial charge in [0.2, 0.25) is 10.0 Å². The molecule has 0 radical (unpaired) electrons. The highest BCUT2D eigenvalue weighted by atomic mass is 32.2. The minimum atomic E-state index is -3.30. The van der Waals surface area contributed by atoms with E-state index < -0.39 is 10.0 Å². The second-order valence-corrected chi connectivity index (χ2v) is 11.6. The van der Waals surface area contributed by atoms with Gasteiger partial charge in [-0.2, -0.15) is 0 Å². The van der Waals surface area contributed by atoms with Crippen LogP contribution in [0.25, 0.3) is 0 Å². The Morgan fingerprint density at radius 2 is 1.90 bits per heavy atom. The predicted octanol–water partition coefficient (Wildman–Crippen LogP) is 4.69. The van der Waals surface area contributed by atoms with Gasteiger partial charge in [-0.05, 0) is 63.3 Å². The van der Waals surface area contributed by atoms with Crippen LogP contribution in [-0.2, 0) is 16.4 Å². The summed E-state index contributed by atoms with van der Waals surface area (Å²) in [6.45, 7) is 4.66. The number of aromatic nitrogens is 2. The van der Waals surface area contributed by atoms with Gasteiger partial charge in [0.1, 0.15) is 0 Å². The third-order valence-electron chi connectivity index (χ3n) is 6.50. The minimum absolute atomic E-state index is 0.0535. The van der Waals surface area contributed by atoms with Crippen LogP contribution < -0.4 is 4.31 Å². The fourth-order valence-corrected chi connectivity index (χ4v) is 6.81. The van der Waals surface area contributed by atoms with E-state index in [9.17, 15) is 13.2 Å². The van der Waals surface area contributed by atoms with Crippen molar-refractivity contribution < 1.29 is 13.2 Å². The average molecular weight is 462 g/mol. The maximum absolute atomic E-state index is 13.0. The van der Waals surface area contributed by atoms with Crippen LogP contribution in [0.3, 0.4) is 0 Å². The Kier molecular flexibility index (Phi) is 6.49. The first-order valence-corrected chi connectivity index (χ1v) is 13.9. The first kappa shape index (κ1) is 22.4. The SMILES string of the molecule is Cc1nc(SCC(=O)c2ccc3c(c2)CCCN3S(C)(=O)=O)n(C2CCCCC2)c1C. The van der Waals surface area contributed by atoms with Gasteiger partial charge < -0.3 is 4.57 Å². The number of hydrogen-bond acceptors (Lipinski definition) is 5. The molecule has 1 fully saturated rings. The van der Waals surface area contributed by atoms with Crippen molar-refractivity contribution in [2.75, 3.05) is 22.9 Å². The number of nitrogens with zero attached hydrogens (tertiary/aromatic N) is 3. The number of Topliss-reactive ketones (excluding diaryl/α,β-unsaturated/α-hetero) is 1. The molecular formula is C23H31N3O3S2. The molecule has 0 spiro atoms. The Bertz CT molecular complexity index is 1090. The van der Waals surface area contributed by atoms with Crippen LogP contribution in [0.1, 0.15) is 71.9 Å². The minimum Gasteiger partial charge on any atom is -0.320 e. The van der Waals surface area contributed by atoms with Gasteiger partial charge in [-0.3, -0.25) is 9.10 Å². The lowest BCUT2D eigenvalue weighted by atomic mass is 9.95. The summed E-state index contributed by atoms with van der Waals surface area (Å²) in [6.07, 6.45) is 8.97. The number of rotatable bonds is 6. The van der Waals surface area contributed by atoms with E-state index in [0.29, 0.717) is 29.6 Å². The number of thioether (sulfide) groups is 1. The largest absolute Gasteiger partial charge is 0.320 e. The van der Waals surface area contributed by atoms with Crippen molar-refractivity contribution in [2.24, 2.45) is 0 Å². The standard InChI is InChI=1S/C23H31N3O3S2/c1-16-17(2)26(20-9-5-4-6-10-20)23(24-16)30-15-22(27)19-11-12-21-18(14-19)8-7-13-25(21)31(3,28)29/h11-12,14,20H,4-10,13,15H2,1-3H3. The zero-order chi connectivity index (χ0) is 22.2. The van der Waals surface area contributed by atoms with E-state index in [2.05, 4.69) is 11.5 Å². The normalized spacial score (nSPS) is 17.6. The Balaban J connectivity index is 1.51. The zero-order valence-electron chi connectivity index (χ0n) is 18.6. The number of fused-ring (bicyclic) bond motifs is 1. The molecule has 2 heterocycles. The number of carbonyl (C=O) groups excluding carboxylic acids is 1. The van der Waals surface area contributed by atoms with Gasteiger partial charge in [0.05, 0.1) is 23.4 Å². The molecule has 2 aliphatic rings. The van der Waals surface area contributed by atoms with Crippen LogP contribution in [0, 0.1) is 13.8 Å². The quantitative estimate of drug-likeness (QED) is 0.461. The third kappa shape index (κ3) is 4.70. The Morgan fingerprint density at radius 1 is 1.16 bits per heavy atom. The molecule has 0 N–H and O–H groups in total. The van der Waals surface area contributed by atoms with Crippen molar-refractivity contribution in [1.82, 2.24) is 9.55 Å². The number of hydrogen-bond donors (Lipinski definition) is 0. The number of imidazole rings is 1. The summed E-state index contributed by atoms with van der Waals surface area (Å²) in [5.74, 6) is 0.384. The number of anilines is 1. The smallest absolute Gasteiger partial charge is 0.232 e. The lowest BCUT2D eigenvalue weighted by molar-refractivity contribution is 0.102. The van der Waals surface area contributed by atoms with Crippen LogP contribution in [-0.4, -0.2) is 42.3 Å². The fraction of sp³-hybridized carbons (Fsp3) is 0.565. The highest BCUT2D eigenvalue weighted by Crippen LogP contribution is 2.35. The molecule has 0 saturated heterocycles. The summed E-state index contributed by atoms with van der Waals surface area (Å²) in [4.78, 5) is 17.7. The second-order valence-electron chi connectivity index (χ2n) is 8.72. The molecule has 1 aromatic heterocycles. The summed E-state index contributed by atoms with van der Waals surface area (Å²) in [6, 6.07) is 5.90. The summed E-state index contributed by atoms with van der Waals surface area (Å²) >= 11 is 1.52. The van der Waals surface area contributed by atoms with E-state index in [4.69, 9.17) is 4.98 Å². The summed E-state index contributed by atoms with van der Waals surface area (Å²) in [5, 5.41) is 0.941. The van der Waals surface area contributed by atoms with Crippen LogP contribution in [0.15, 0.2) is 23.4 Å². The van der Waals surface area contributed by atoms with E-state index in [0.717, 1.165) is 29.3 Å². The van der Waals surface area contributed by atoms with E-state index in [1.165, 1.54) is 60.1 Å². The van der Waals surface area contributed by atoms with Crippen molar-refractivity contribution in [3.05, 3.63) is 40.7 Å². The van der Waals surface area contributed by atoms with Crippen molar-refractivity contribution in [1.29, 1.82) is 0 Å². The molecule has 2 aromatic rings. The Hall–Kier alpha value is -1.80. The second kappa shape index (κ2) is 8.98. The lowest BCUT2D eigenvalue weighted by Crippen LogP contribution is -2.34. The van der Waals surface area contributed by atoms with Crippen LogP contribution in [0.5, 0.6) is 0 Å². The number of sulfonamides is 1. The molecule has 1 aromatic carbocycles. The van der Waals surface area contributed by atoms with Gasteiger partial charge >= 0.3 is 0 Å². The molecule has 1 aliphatic carbocycles. The molecule has 0 atom stereocenters. The molecule has 0 bridgehead atoms. The molecule has 4 rings (SSSR count). The van der Waals surface area contributed by atoms with Gasteiger partial charge in [-0.25, -0.2) is 13.4 Å². The van der Waals surface area contributed by atoms with Crippen LogP contribution in [0.4, 0.5) is 5.69 Å². The Morgan fingerprint density at radius 3 is 2.61 bits per heavy atom. The first-order chi connectivity index (χ1) is 14.8. The summed E-state index contributed by atoms with van der Waals surface area (Å²) < 4.78 is 27.9. The molecular weight excluding hydrogens is 430 g/mol. The highest BCUT2D eigenvalue weighted by molar-refractivity contribution is 7.99. The van der Waals surface area contributed by atoms with Crippen LogP contribution >= 0.6 is 11.8 Å². The lowest BCUT2D eigenvalue weighted by Gasteiger charge is -2.29. The first-order valence-electron chi connectivity index (χ1n) is 11.1. The monoisotopic (exact) mass is 461 g/mol. The van der Waals surface area contributed by atoms with Gasteiger partial charge in [0, 0.05) is 23.8 Å². The molecule has 1 aliphatic heterocycles. The Labute approximate surface area is 189 Å². The van der Waals surface area contributed by atoms with Gasteiger partial charge in [0.25, 0.3) is 0 Å². The number of ketones is 1. The topological polar surface area (TPSA) is 72.3 Å². The molecule has 6 nitrogen and oxygen atoms in total. The van der Waals surface area contributed by atoms with Gasteiger partial charge in [0.15, 0.2) is 10.9 Å². The van der Waals surface area contributed by atoms with E-state index >= 15 is 0 Å². The highest BCUT2D eigenvalue weighted by Gasteiger charge is 2.26. The molecule has 0 unspecified atom stereocenters. The van der Waals surface area contributed by atoms with Gasteiger partial charge in [-0.15, -0.1) is 0 Å². The maximum atomic E-state index is 13.0. The van der Waals surface area contributed by atoms with E-state index in [-0.39, 0.29) is 5.78 Å². The molecule has 168 valence electrons. The molecule has 31 heavy (non-hydrogen) atoms. The third-order valence-corrected chi connectivity index (χ3v) is 8.64. The fourth-order valence-electron chi connectivity index (χ4n) is 4.76. The van der Waals surface area contributed by atoms with Crippen molar-refractivity contribution in [3.8, 4) is 0 Å². The van der Waals surface area contributed by atoms with E-state index in [1.807, 2.05) is 13.0 Å². The summed E-state index contributed by atoms with van der Waals surface area (Å²) in [7, 11) is -3.30. The van der Waals surface area contributed by atoms with Gasteiger partial charge in [-0.1, -0.05) is 31.0 Å².